The van der Waals surface area contributed by atoms with Crippen LogP contribution in [-0.2, 0) is 6.54 Å². The molecular weight excluding hydrogens is 264 g/mol. The number of pyridine rings is 1. The molecule has 0 bridgehead atoms. The molecule has 0 aliphatic carbocycles. The van der Waals surface area contributed by atoms with E-state index in [4.69, 9.17) is 10.5 Å². The zero-order chi connectivity index (χ0) is 15.5. The number of hydrogen-bond acceptors (Lipinski definition) is 4. The van der Waals surface area contributed by atoms with Crippen molar-refractivity contribution in [3.05, 3.63) is 47.8 Å². The molecule has 1 heterocycles. The molecule has 20 heavy (non-hydrogen) atoms. The van der Waals surface area contributed by atoms with Crippen molar-refractivity contribution in [3.63, 3.8) is 0 Å². The fourth-order valence-electron chi connectivity index (χ4n) is 1.15. The minimum Gasteiger partial charge on any atom is -0.481 e. The SMILES string of the molecule is C/C(F)=C\C=C/N(C)C.COc1ncc(F)cc1CN. The lowest BCUT2D eigenvalue weighted by Crippen LogP contribution is -2.02. The quantitative estimate of drug-likeness (QED) is 0.864. The Bertz CT molecular complexity index is 456. The molecular formula is C14H21F2N3O. The standard InChI is InChI=1S/C7H9FN2O.C7H12FN/c1-11-7-5(3-9)2-6(8)4-10-7;1-7(8)5-4-6-9(2)3/h2,4H,3,9H2,1H3;4-6H,1-3H3/b;6-4-,7-5+. The topological polar surface area (TPSA) is 51.4 Å². The van der Waals surface area contributed by atoms with Gasteiger partial charge in [-0.2, -0.15) is 0 Å². The smallest absolute Gasteiger partial charge is 0.217 e. The first-order valence-corrected chi connectivity index (χ1v) is 5.96. The molecule has 0 unspecified atom stereocenters. The van der Waals surface area contributed by atoms with Gasteiger partial charge in [0, 0.05) is 26.2 Å². The molecule has 0 saturated carbocycles. The molecule has 2 N–H and O–H groups in total. The van der Waals surface area contributed by atoms with Crippen LogP contribution in [0.5, 0.6) is 5.88 Å². The largest absolute Gasteiger partial charge is 0.481 e. The molecule has 0 amide bonds. The Kier molecular flexibility index (Phi) is 8.95. The average Bonchev–Trinajstić information content (AvgIpc) is 2.38. The van der Waals surface area contributed by atoms with Crippen molar-refractivity contribution in [2.45, 2.75) is 13.5 Å². The van der Waals surface area contributed by atoms with Crippen LogP contribution in [0.2, 0.25) is 0 Å². The van der Waals surface area contributed by atoms with Crippen LogP contribution < -0.4 is 10.5 Å². The van der Waals surface area contributed by atoms with Crippen molar-refractivity contribution in [2.24, 2.45) is 5.73 Å². The number of hydrogen-bond donors (Lipinski definition) is 1. The number of nitrogens with zero attached hydrogens (tertiary/aromatic N) is 2. The van der Waals surface area contributed by atoms with Gasteiger partial charge in [-0.1, -0.05) is 0 Å². The lowest BCUT2D eigenvalue weighted by molar-refractivity contribution is 0.390. The van der Waals surface area contributed by atoms with E-state index in [2.05, 4.69) is 4.98 Å². The van der Waals surface area contributed by atoms with Gasteiger partial charge in [0.25, 0.3) is 0 Å². The number of nitrogens with two attached hydrogens (primary N) is 1. The van der Waals surface area contributed by atoms with Crippen LogP contribution in [0.25, 0.3) is 0 Å². The van der Waals surface area contributed by atoms with E-state index < -0.39 is 5.82 Å². The predicted molar refractivity (Wildman–Crippen MR) is 76.3 cm³/mol. The summed E-state index contributed by atoms with van der Waals surface area (Å²) in [7, 11) is 5.25. The van der Waals surface area contributed by atoms with Gasteiger partial charge in [0.2, 0.25) is 5.88 Å². The van der Waals surface area contributed by atoms with Crippen molar-refractivity contribution >= 4 is 0 Å². The molecule has 0 aliphatic rings. The van der Waals surface area contributed by atoms with E-state index in [0.29, 0.717) is 11.4 Å². The van der Waals surface area contributed by atoms with Crippen molar-refractivity contribution < 1.29 is 13.5 Å². The van der Waals surface area contributed by atoms with Crippen LogP contribution in [0.3, 0.4) is 0 Å². The Hall–Kier alpha value is -1.95. The Balaban J connectivity index is 0.000000370. The van der Waals surface area contributed by atoms with E-state index in [1.54, 1.807) is 12.3 Å². The van der Waals surface area contributed by atoms with Crippen molar-refractivity contribution in [2.75, 3.05) is 21.2 Å². The number of aromatic nitrogens is 1. The Morgan fingerprint density at radius 3 is 2.60 bits per heavy atom. The van der Waals surface area contributed by atoms with E-state index in [9.17, 15) is 8.78 Å². The highest BCUT2D eigenvalue weighted by atomic mass is 19.1. The van der Waals surface area contributed by atoms with Gasteiger partial charge in [-0.25, -0.2) is 13.8 Å². The maximum atomic E-state index is 12.5. The molecule has 1 rings (SSSR count). The number of allylic oxidation sites excluding steroid dienone is 3. The normalized spacial score (nSPS) is 11.1. The highest BCUT2D eigenvalue weighted by Gasteiger charge is 2.02. The number of rotatable bonds is 4. The molecule has 0 spiro atoms. The summed E-state index contributed by atoms with van der Waals surface area (Å²) in [4.78, 5) is 5.54. The van der Waals surface area contributed by atoms with E-state index in [-0.39, 0.29) is 12.4 Å². The number of methoxy groups -OCH3 is 1. The third-order valence-corrected chi connectivity index (χ3v) is 2.02. The first-order valence-electron chi connectivity index (χ1n) is 5.96. The van der Waals surface area contributed by atoms with Crippen molar-refractivity contribution in [1.82, 2.24) is 9.88 Å². The minimum atomic E-state index is -0.397. The molecule has 0 aliphatic heterocycles. The summed E-state index contributed by atoms with van der Waals surface area (Å²) in [5.74, 6) is -0.187. The van der Waals surface area contributed by atoms with Crippen LogP contribution in [0, 0.1) is 5.82 Å². The monoisotopic (exact) mass is 285 g/mol. The Labute approximate surface area is 118 Å². The molecule has 112 valence electrons. The second-order valence-electron chi connectivity index (χ2n) is 4.08. The lowest BCUT2D eigenvalue weighted by atomic mass is 10.3. The van der Waals surface area contributed by atoms with Gasteiger partial charge in [0.05, 0.1) is 19.1 Å². The lowest BCUT2D eigenvalue weighted by Gasteiger charge is -2.03. The second kappa shape index (κ2) is 9.91. The average molecular weight is 285 g/mol. The molecule has 0 saturated heterocycles. The molecule has 1 aromatic heterocycles. The summed E-state index contributed by atoms with van der Waals surface area (Å²) in [6.45, 7) is 1.65. The summed E-state index contributed by atoms with van der Waals surface area (Å²) < 4.78 is 29.3. The van der Waals surface area contributed by atoms with Crippen LogP contribution in [-0.4, -0.2) is 31.1 Å². The Morgan fingerprint density at radius 1 is 1.50 bits per heavy atom. The van der Waals surface area contributed by atoms with Crippen LogP contribution >= 0.6 is 0 Å². The van der Waals surface area contributed by atoms with Gasteiger partial charge in [0.1, 0.15) is 5.82 Å². The third-order valence-electron chi connectivity index (χ3n) is 2.02. The maximum absolute atomic E-state index is 12.5. The molecule has 0 aromatic carbocycles. The molecule has 4 nitrogen and oxygen atoms in total. The zero-order valence-corrected chi connectivity index (χ0v) is 12.2. The summed E-state index contributed by atoms with van der Waals surface area (Å²) in [6.07, 6.45) is 5.95. The highest BCUT2D eigenvalue weighted by Crippen LogP contribution is 2.13. The predicted octanol–water partition coefficient (Wildman–Crippen LogP) is 2.62. The van der Waals surface area contributed by atoms with Gasteiger partial charge in [-0.05, 0) is 31.3 Å². The summed E-state index contributed by atoms with van der Waals surface area (Å²) in [5, 5.41) is 0. The van der Waals surface area contributed by atoms with Gasteiger partial charge >= 0.3 is 0 Å². The van der Waals surface area contributed by atoms with E-state index in [0.717, 1.165) is 6.20 Å². The first-order chi connectivity index (χ1) is 9.40. The van der Waals surface area contributed by atoms with Gasteiger partial charge in [0.15, 0.2) is 0 Å². The molecule has 6 heteroatoms. The number of ether oxygens (including phenoxy) is 1. The maximum Gasteiger partial charge on any atom is 0.217 e. The fraction of sp³-hybridized carbons (Fsp3) is 0.357. The van der Waals surface area contributed by atoms with E-state index in [1.165, 1.54) is 26.2 Å². The fourth-order valence-corrected chi connectivity index (χ4v) is 1.15. The highest BCUT2D eigenvalue weighted by molar-refractivity contribution is 5.25. The molecule has 0 radical (unpaired) electrons. The minimum absolute atomic E-state index is 0.173. The Morgan fingerprint density at radius 2 is 2.15 bits per heavy atom. The number of halogens is 2. The first kappa shape index (κ1) is 18.0. The summed E-state index contributed by atoms with van der Waals surface area (Å²) >= 11 is 0. The molecule has 0 fully saturated rings. The zero-order valence-electron chi connectivity index (χ0n) is 12.2. The van der Waals surface area contributed by atoms with Gasteiger partial charge in [-0.3, -0.25) is 0 Å². The second-order valence-corrected chi connectivity index (χ2v) is 4.08. The van der Waals surface area contributed by atoms with Crippen LogP contribution in [0.1, 0.15) is 12.5 Å². The third kappa shape index (κ3) is 8.20. The summed E-state index contributed by atoms with van der Waals surface area (Å²) in [5.41, 5.74) is 5.88. The van der Waals surface area contributed by atoms with Crippen LogP contribution in [0.15, 0.2) is 36.4 Å². The summed E-state index contributed by atoms with van der Waals surface area (Å²) in [6, 6.07) is 1.31. The van der Waals surface area contributed by atoms with Crippen LogP contribution in [0.4, 0.5) is 8.78 Å². The molecule has 1 aromatic rings. The molecule has 0 atom stereocenters. The van der Waals surface area contributed by atoms with Crippen molar-refractivity contribution in [3.8, 4) is 5.88 Å². The van der Waals surface area contributed by atoms with Crippen molar-refractivity contribution in [1.29, 1.82) is 0 Å². The van der Waals surface area contributed by atoms with Gasteiger partial charge in [-0.15, -0.1) is 0 Å². The van der Waals surface area contributed by atoms with E-state index >= 15 is 0 Å². The van der Waals surface area contributed by atoms with Gasteiger partial charge < -0.3 is 15.4 Å². The van der Waals surface area contributed by atoms with E-state index in [1.807, 2.05) is 19.0 Å².